The fourth-order valence-electron chi connectivity index (χ4n) is 5.46. The van der Waals surface area contributed by atoms with E-state index in [0.29, 0.717) is 20.9 Å². The van der Waals surface area contributed by atoms with Crippen LogP contribution in [-0.2, 0) is 6.42 Å². The number of fused-ring (bicyclic) bond motifs is 3. The standard InChI is InChI=1S/C32H21FN2O4S/c33-22-12-9-20(10-13-22)29-25-15-11-18-3-1-2-4-24(18)28(25)34-32-35(29)30(36)27(40-32)17-23-14-16-26(39-23)19-5-7-21(8-6-19)31(37)38/h1-10,12-14,16-17,29H,11,15H2,(H,37,38)/b27-17+/t29-/m0/s1. The summed E-state index contributed by atoms with van der Waals surface area (Å²) >= 11 is 1.29. The molecule has 1 N–H and O–H groups in total. The molecule has 0 spiro atoms. The van der Waals surface area contributed by atoms with Crippen molar-refractivity contribution >= 4 is 29.1 Å². The molecule has 0 fully saturated rings. The highest BCUT2D eigenvalue weighted by atomic mass is 32.1. The molecular weight excluding hydrogens is 527 g/mol. The highest BCUT2D eigenvalue weighted by Gasteiger charge is 2.32. The summed E-state index contributed by atoms with van der Waals surface area (Å²) in [6, 6.07) is 24.1. The van der Waals surface area contributed by atoms with Crippen LogP contribution in [0.2, 0.25) is 0 Å². The van der Waals surface area contributed by atoms with E-state index in [4.69, 9.17) is 14.5 Å². The van der Waals surface area contributed by atoms with Gasteiger partial charge in [-0.2, -0.15) is 0 Å². The largest absolute Gasteiger partial charge is 0.478 e. The minimum absolute atomic E-state index is 0.188. The molecule has 3 heterocycles. The molecule has 7 rings (SSSR count). The maximum absolute atomic E-state index is 13.9. The summed E-state index contributed by atoms with van der Waals surface area (Å²) in [5.41, 5.74) is 5.79. The minimum atomic E-state index is -0.994. The number of carboxylic acids is 1. The second-order valence-electron chi connectivity index (χ2n) is 9.75. The quantitative estimate of drug-likeness (QED) is 0.325. The molecule has 0 radical (unpaired) electrons. The highest BCUT2D eigenvalue weighted by Crippen LogP contribution is 2.41. The molecule has 1 aliphatic heterocycles. The lowest BCUT2D eigenvalue weighted by Crippen LogP contribution is -2.38. The Labute approximate surface area is 231 Å². The second-order valence-corrected chi connectivity index (χ2v) is 10.8. The third-order valence-corrected chi connectivity index (χ3v) is 8.36. The lowest BCUT2D eigenvalue weighted by atomic mass is 9.83. The van der Waals surface area contributed by atoms with E-state index in [-0.39, 0.29) is 23.0 Å². The lowest BCUT2D eigenvalue weighted by Gasteiger charge is -2.30. The molecule has 40 heavy (non-hydrogen) atoms. The number of hydrogen-bond acceptors (Lipinski definition) is 5. The van der Waals surface area contributed by atoms with E-state index in [2.05, 4.69) is 12.1 Å². The summed E-state index contributed by atoms with van der Waals surface area (Å²) in [7, 11) is 0. The maximum atomic E-state index is 13.9. The predicted molar refractivity (Wildman–Crippen MR) is 150 cm³/mol. The van der Waals surface area contributed by atoms with Gasteiger partial charge in [0.15, 0.2) is 4.80 Å². The van der Waals surface area contributed by atoms with E-state index >= 15 is 0 Å². The average Bonchev–Trinajstić information content (AvgIpc) is 3.57. The Kier molecular flexibility index (Phi) is 5.71. The van der Waals surface area contributed by atoms with Gasteiger partial charge >= 0.3 is 5.97 Å². The van der Waals surface area contributed by atoms with E-state index in [1.807, 2.05) is 12.1 Å². The number of thiazole rings is 1. The summed E-state index contributed by atoms with van der Waals surface area (Å²) in [6.45, 7) is 0. The van der Waals surface area contributed by atoms with Crippen LogP contribution in [-0.4, -0.2) is 15.6 Å². The van der Waals surface area contributed by atoms with Crippen LogP contribution in [0.3, 0.4) is 0 Å². The van der Waals surface area contributed by atoms with Crippen LogP contribution in [0.15, 0.2) is 105 Å². The van der Waals surface area contributed by atoms with Crippen molar-refractivity contribution < 1.29 is 18.7 Å². The molecule has 0 unspecified atom stereocenters. The fraction of sp³-hybridized carbons (Fsp3) is 0.0938. The molecule has 0 saturated heterocycles. The third-order valence-electron chi connectivity index (χ3n) is 7.38. The fourth-order valence-corrected chi connectivity index (χ4v) is 6.44. The van der Waals surface area contributed by atoms with Gasteiger partial charge < -0.3 is 9.52 Å². The Morgan fingerprint density at radius 2 is 1.77 bits per heavy atom. The number of aryl methyl sites for hydroxylation is 1. The van der Waals surface area contributed by atoms with Crippen LogP contribution in [0.5, 0.6) is 0 Å². The van der Waals surface area contributed by atoms with E-state index in [1.54, 1.807) is 47.0 Å². The summed E-state index contributed by atoms with van der Waals surface area (Å²) in [6.07, 6.45) is 3.30. The number of allylic oxidation sites excluding steroid dienone is 1. The maximum Gasteiger partial charge on any atom is 0.335 e. The number of carbonyl (C=O) groups is 1. The van der Waals surface area contributed by atoms with Crippen LogP contribution in [0.1, 0.15) is 45.3 Å². The molecule has 1 aliphatic carbocycles. The summed E-state index contributed by atoms with van der Waals surface area (Å²) in [5.74, 6) is -0.265. The third kappa shape index (κ3) is 4.04. The second kappa shape index (κ2) is 9.43. The average molecular weight is 549 g/mol. The molecule has 6 nitrogen and oxygen atoms in total. The monoisotopic (exact) mass is 548 g/mol. The van der Waals surface area contributed by atoms with Crippen molar-refractivity contribution in [3.8, 4) is 11.3 Å². The SMILES string of the molecule is O=C(O)c1ccc(-c2ccc(/C=c3/sc4n(c3=O)[C@@H](c3ccc(F)cc3)C3=C(N=4)c4ccccc4CC3)o2)cc1. The van der Waals surface area contributed by atoms with Crippen molar-refractivity contribution in [2.24, 2.45) is 4.99 Å². The van der Waals surface area contributed by atoms with Crippen LogP contribution >= 0.6 is 11.3 Å². The van der Waals surface area contributed by atoms with Gasteiger partial charge in [0.25, 0.3) is 5.56 Å². The number of aromatic nitrogens is 1. The van der Waals surface area contributed by atoms with Gasteiger partial charge in [0.2, 0.25) is 0 Å². The van der Waals surface area contributed by atoms with Gasteiger partial charge in [0.05, 0.1) is 21.8 Å². The highest BCUT2D eigenvalue weighted by molar-refractivity contribution is 7.07. The number of benzene rings is 3. The van der Waals surface area contributed by atoms with Gasteiger partial charge in [-0.15, -0.1) is 0 Å². The van der Waals surface area contributed by atoms with Crippen molar-refractivity contribution in [1.29, 1.82) is 0 Å². The predicted octanol–water partition coefficient (Wildman–Crippen LogP) is 5.42. The number of hydrogen-bond donors (Lipinski definition) is 1. The van der Waals surface area contributed by atoms with Gasteiger partial charge in [-0.1, -0.05) is 59.9 Å². The summed E-state index contributed by atoms with van der Waals surface area (Å²) < 4.78 is 22.0. The molecule has 196 valence electrons. The van der Waals surface area contributed by atoms with Crippen molar-refractivity contribution in [1.82, 2.24) is 4.57 Å². The zero-order valence-electron chi connectivity index (χ0n) is 21.0. The Bertz CT molecular complexity index is 2010. The lowest BCUT2D eigenvalue weighted by molar-refractivity contribution is 0.0697. The Hall–Kier alpha value is -4.82. The van der Waals surface area contributed by atoms with Gasteiger partial charge in [-0.3, -0.25) is 9.36 Å². The zero-order chi connectivity index (χ0) is 27.4. The van der Waals surface area contributed by atoms with Crippen LogP contribution < -0.4 is 14.9 Å². The van der Waals surface area contributed by atoms with E-state index in [0.717, 1.165) is 40.8 Å². The van der Waals surface area contributed by atoms with Crippen molar-refractivity contribution in [2.45, 2.75) is 18.9 Å². The van der Waals surface area contributed by atoms with Crippen molar-refractivity contribution in [3.05, 3.63) is 144 Å². The van der Waals surface area contributed by atoms with Crippen molar-refractivity contribution in [3.63, 3.8) is 0 Å². The first-order valence-corrected chi connectivity index (χ1v) is 13.6. The van der Waals surface area contributed by atoms with Crippen LogP contribution in [0, 0.1) is 5.82 Å². The summed E-state index contributed by atoms with van der Waals surface area (Å²) in [5, 5.41) is 9.14. The van der Waals surface area contributed by atoms with Crippen LogP contribution in [0.4, 0.5) is 4.39 Å². The van der Waals surface area contributed by atoms with Gasteiger partial charge in [0.1, 0.15) is 17.3 Å². The molecule has 1 atom stereocenters. The molecule has 0 bridgehead atoms. The Morgan fingerprint density at radius 3 is 2.55 bits per heavy atom. The molecule has 2 aromatic heterocycles. The number of halogens is 1. The number of nitrogens with zero attached hydrogens (tertiary/aromatic N) is 2. The molecule has 8 heteroatoms. The zero-order valence-corrected chi connectivity index (χ0v) is 21.8. The van der Waals surface area contributed by atoms with E-state index < -0.39 is 5.97 Å². The van der Waals surface area contributed by atoms with Crippen LogP contribution in [0.25, 0.3) is 23.1 Å². The van der Waals surface area contributed by atoms with Gasteiger partial charge in [-0.05, 0) is 65.9 Å². The Morgan fingerprint density at radius 1 is 1.00 bits per heavy atom. The molecule has 2 aliphatic rings. The number of rotatable bonds is 4. The normalized spacial score (nSPS) is 16.2. The molecule has 0 amide bonds. The molecule has 0 saturated carbocycles. The first kappa shape index (κ1) is 24.2. The van der Waals surface area contributed by atoms with Crippen molar-refractivity contribution in [2.75, 3.05) is 0 Å². The first-order valence-electron chi connectivity index (χ1n) is 12.8. The number of carboxylic acid groups (broad SMARTS) is 1. The molecular formula is C32H21FN2O4S. The van der Waals surface area contributed by atoms with Gasteiger partial charge in [0, 0.05) is 17.2 Å². The van der Waals surface area contributed by atoms with E-state index in [9.17, 15) is 14.0 Å². The first-order chi connectivity index (χ1) is 19.5. The Balaban J connectivity index is 1.36. The van der Waals surface area contributed by atoms with E-state index in [1.165, 1.54) is 41.2 Å². The van der Waals surface area contributed by atoms with Gasteiger partial charge in [-0.25, -0.2) is 14.2 Å². The molecule has 5 aromatic rings. The topological polar surface area (TPSA) is 84.8 Å². The number of aromatic carboxylic acids is 1. The number of furan rings is 1. The molecule has 3 aromatic carbocycles. The smallest absolute Gasteiger partial charge is 0.335 e. The minimum Gasteiger partial charge on any atom is -0.478 e. The summed E-state index contributed by atoms with van der Waals surface area (Å²) in [4.78, 5) is 30.6.